The first kappa shape index (κ1) is 12.4. The summed E-state index contributed by atoms with van der Waals surface area (Å²) in [6.07, 6.45) is 7.59. The predicted octanol–water partition coefficient (Wildman–Crippen LogP) is 3.22. The SMILES string of the molecule is OC1CCN2C(CCCC2c2ccc3cc[nH]c3c2)C1. The van der Waals surface area contributed by atoms with Crippen molar-refractivity contribution < 1.29 is 5.11 Å². The first-order valence-electron chi connectivity index (χ1n) is 7.82. The average molecular weight is 270 g/mol. The van der Waals surface area contributed by atoms with Gasteiger partial charge in [-0.25, -0.2) is 0 Å². The fourth-order valence-electron chi connectivity index (χ4n) is 4.09. The molecular formula is C17H22N2O. The molecule has 1 aromatic heterocycles. The minimum absolute atomic E-state index is 0.0825. The number of H-pyrrole nitrogens is 1. The van der Waals surface area contributed by atoms with Gasteiger partial charge in [0.25, 0.3) is 0 Å². The quantitative estimate of drug-likeness (QED) is 0.835. The maximum Gasteiger partial charge on any atom is 0.0567 e. The second-order valence-electron chi connectivity index (χ2n) is 6.34. The molecule has 3 heterocycles. The number of hydrogen-bond acceptors (Lipinski definition) is 2. The molecule has 2 N–H and O–H groups in total. The highest BCUT2D eigenvalue weighted by Crippen LogP contribution is 2.39. The molecule has 2 saturated heterocycles. The molecular weight excluding hydrogens is 248 g/mol. The molecule has 0 aliphatic carbocycles. The molecule has 0 radical (unpaired) electrons. The largest absolute Gasteiger partial charge is 0.393 e. The number of benzene rings is 1. The molecule has 3 heteroatoms. The number of piperidine rings is 2. The van der Waals surface area contributed by atoms with Crippen LogP contribution < -0.4 is 0 Å². The van der Waals surface area contributed by atoms with Gasteiger partial charge in [0, 0.05) is 30.3 Å². The van der Waals surface area contributed by atoms with Gasteiger partial charge in [-0.15, -0.1) is 0 Å². The molecule has 0 saturated carbocycles. The lowest BCUT2D eigenvalue weighted by molar-refractivity contribution is -0.00797. The van der Waals surface area contributed by atoms with Gasteiger partial charge in [-0.1, -0.05) is 12.1 Å². The zero-order chi connectivity index (χ0) is 13.5. The first-order valence-corrected chi connectivity index (χ1v) is 7.82. The predicted molar refractivity (Wildman–Crippen MR) is 80.6 cm³/mol. The second kappa shape index (κ2) is 4.90. The molecule has 2 aliphatic rings. The number of fused-ring (bicyclic) bond motifs is 2. The van der Waals surface area contributed by atoms with Gasteiger partial charge in [-0.2, -0.15) is 0 Å². The molecule has 20 heavy (non-hydrogen) atoms. The Kier molecular flexibility index (Phi) is 3.04. The van der Waals surface area contributed by atoms with E-state index in [1.807, 2.05) is 6.20 Å². The van der Waals surface area contributed by atoms with Crippen LogP contribution in [0.3, 0.4) is 0 Å². The molecule has 0 spiro atoms. The number of aliphatic hydroxyl groups excluding tert-OH is 1. The third-order valence-electron chi connectivity index (χ3n) is 5.11. The van der Waals surface area contributed by atoms with Gasteiger partial charge in [0.2, 0.25) is 0 Å². The van der Waals surface area contributed by atoms with E-state index in [0.717, 1.165) is 19.4 Å². The number of nitrogens with zero attached hydrogens (tertiary/aromatic N) is 1. The minimum Gasteiger partial charge on any atom is -0.393 e. The molecule has 2 aromatic rings. The molecule has 0 amide bonds. The number of hydrogen-bond donors (Lipinski definition) is 2. The van der Waals surface area contributed by atoms with Crippen LogP contribution in [0.15, 0.2) is 30.5 Å². The van der Waals surface area contributed by atoms with Gasteiger partial charge in [0.05, 0.1) is 6.10 Å². The normalized spacial score (nSPS) is 31.4. The van der Waals surface area contributed by atoms with E-state index in [1.54, 1.807) is 0 Å². The van der Waals surface area contributed by atoms with Crippen molar-refractivity contribution in [2.75, 3.05) is 6.54 Å². The third kappa shape index (κ3) is 2.05. The van der Waals surface area contributed by atoms with Gasteiger partial charge in [0.15, 0.2) is 0 Å². The van der Waals surface area contributed by atoms with Crippen LogP contribution in [0.1, 0.15) is 43.7 Å². The molecule has 106 valence electrons. The van der Waals surface area contributed by atoms with E-state index in [0.29, 0.717) is 12.1 Å². The summed E-state index contributed by atoms with van der Waals surface area (Å²) < 4.78 is 0. The van der Waals surface area contributed by atoms with Crippen molar-refractivity contribution in [1.29, 1.82) is 0 Å². The number of rotatable bonds is 1. The van der Waals surface area contributed by atoms with E-state index in [1.165, 1.54) is 35.7 Å². The molecule has 4 rings (SSSR count). The zero-order valence-electron chi connectivity index (χ0n) is 11.8. The fourth-order valence-corrected chi connectivity index (χ4v) is 4.09. The van der Waals surface area contributed by atoms with E-state index in [9.17, 15) is 5.11 Å². The summed E-state index contributed by atoms with van der Waals surface area (Å²) in [4.78, 5) is 5.96. The first-order chi connectivity index (χ1) is 9.81. The Morgan fingerprint density at radius 1 is 1.15 bits per heavy atom. The van der Waals surface area contributed by atoms with Gasteiger partial charge >= 0.3 is 0 Å². The molecule has 3 atom stereocenters. The van der Waals surface area contributed by atoms with E-state index >= 15 is 0 Å². The second-order valence-corrected chi connectivity index (χ2v) is 6.34. The fraction of sp³-hybridized carbons (Fsp3) is 0.529. The lowest BCUT2D eigenvalue weighted by Gasteiger charge is -2.46. The lowest BCUT2D eigenvalue weighted by atomic mass is 9.85. The van der Waals surface area contributed by atoms with Gasteiger partial charge in [0.1, 0.15) is 0 Å². The monoisotopic (exact) mass is 270 g/mol. The van der Waals surface area contributed by atoms with Crippen LogP contribution in [0, 0.1) is 0 Å². The summed E-state index contributed by atoms with van der Waals surface area (Å²) in [5, 5.41) is 11.2. The molecule has 2 aliphatic heterocycles. The highest BCUT2D eigenvalue weighted by molar-refractivity contribution is 5.80. The van der Waals surface area contributed by atoms with Crippen LogP contribution in [-0.4, -0.2) is 33.7 Å². The summed E-state index contributed by atoms with van der Waals surface area (Å²) in [6.45, 7) is 1.04. The van der Waals surface area contributed by atoms with Gasteiger partial charge in [-0.05, 0) is 55.2 Å². The highest BCUT2D eigenvalue weighted by atomic mass is 16.3. The molecule has 0 bridgehead atoms. The van der Waals surface area contributed by atoms with Gasteiger partial charge < -0.3 is 10.1 Å². The number of aromatic nitrogens is 1. The zero-order valence-corrected chi connectivity index (χ0v) is 11.8. The van der Waals surface area contributed by atoms with Crippen molar-refractivity contribution in [2.45, 2.75) is 50.3 Å². The summed E-state index contributed by atoms with van der Waals surface area (Å²) in [5.41, 5.74) is 2.67. The van der Waals surface area contributed by atoms with Crippen LogP contribution in [0.25, 0.3) is 10.9 Å². The molecule has 3 unspecified atom stereocenters. The van der Waals surface area contributed by atoms with Crippen LogP contribution in [-0.2, 0) is 0 Å². The summed E-state index contributed by atoms with van der Waals surface area (Å²) in [6, 6.07) is 10.1. The smallest absolute Gasteiger partial charge is 0.0567 e. The molecule has 3 nitrogen and oxygen atoms in total. The van der Waals surface area contributed by atoms with Crippen LogP contribution >= 0.6 is 0 Å². The summed E-state index contributed by atoms with van der Waals surface area (Å²) in [7, 11) is 0. The summed E-state index contributed by atoms with van der Waals surface area (Å²) in [5.74, 6) is 0. The van der Waals surface area contributed by atoms with Crippen molar-refractivity contribution >= 4 is 10.9 Å². The van der Waals surface area contributed by atoms with Crippen molar-refractivity contribution in [2.24, 2.45) is 0 Å². The van der Waals surface area contributed by atoms with Gasteiger partial charge in [-0.3, -0.25) is 4.90 Å². The average Bonchev–Trinajstić information content (AvgIpc) is 2.93. The van der Waals surface area contributed by atoms with Crippen molar-refractivity contribution in [3.8, 4) is 0 Å². The van der Waals surface area contributed by atoms with Crippen LogP contribution in [0.5, 0.6) is 0 Å². The van der Waals surface area contributed by atoms with Crippen LogP contribution in [0.4, 0.5) is 0 Å². The van der Waals surface area contributed by atoms with Crippen molar-refractivity contribution in [3.05, 3.63) is 36.0 Å². The Balaban J connectivity index is 1.65. The molecule has 1 aromatic carbocycles. The minimum atomic E-state index is -0.0825. The van der Waals surface area contributed by atoms with Crippen molar-refractivity contribution in [1.82, 2.24) is 9.88 Å². The number of aromatic amines is 1. The topological polar surface area (TPSA) is 39.3 Å². The lowest BCUT2D eigenvalue weighted by Crippen LogP contribution is -2.48. The van der Waals surface area contributed by atoms with Crippen molar-refractivity contribution in [3.63, 3.8) is 0 Å². The third-order valence-corrected chi connectivity index (χ3v) is 5.11. The number of nitrogens with one attached hydrogen (secondary N) is 1. The maximum absolute atomic E-state index is 9.89. The Hall–Kier alpha value is -1.32. The Labute approximate surface area is 119 Å². The van der Waals surface area contributed by atoms with E-state index < -0.39 is 0 Å². The molecule has 2 fully saturated rings. The number of aliphatic hydroxyl groups is 1. The standard InChI is InChI=1S/C17H22N2O/c20-15-7-9-19-14(11-15)2-1-3-17(19)13-5-4-12-6-8-18-16(12)10-13/h4-6,8,10,14-15,17-18,20H,1-3,7,9,11H2. The maximum atomic E-state index is 9.89. The Bertz CT molecular complexity index is 606. The Morgan fingerprint density at radius 2 is 2.10 bits per heavy atom. The Morgan fingerprint density at radius 3 is 3.05 bits per heavy atom. The highest BCUT2D eigenvalue weighted by Gasteiger charge is 2.35. The van der Waals surface area contributed by atoms with E-state index in [-0.39, 0.29) is 6.10 Å². The summed E-state index contributed by atoms with van der Waals surface area (Å²) >= 11 is 0. The van der Waals surface area contributed by atoms with Crippen LogP contribution in [0.2, 0.25) is 0 Å². The van der Waals surface area contributed by atoms with E-state index in [4.69, 9.17) is 0 Å². The van der Waals surface area contributed by atoms with E-state index in [2.05, 4.69) is 34.1 Å².